The van der Waals surface area contributed by atoms with Crippen molar-refractivity contribution in [1.29, 1.82) is 0 Å². The van der Waals surface area contributed by atoms with E-state index in [0.717, 1.165) is 18.5 Å². The number of aryl methyl sites for hydroxylation is 2. The van der Waals surface area contributed by atoms with Gasteiger partial charge in [0.25, 0.3) is 0 Å². The van der Waals surface area contributed by atoms with Crippen molar-refractivity contribution in [3.63, 3.8) is 0 Å². The van der Waals surface area contributed by atoms with Crippen LogP contribution >= 0.6 is 0 Å². The highest BCUT2D eigenvalue weighted by atomic mass is 14.8. The number of hydrogen-bond donors (Lipinski definition) is 0. The molecule has 0 radical (unpaired) electrons. The summed E-state index contributed by atoms with van der Waals surface area (Å²) in [5.74, 6) is 0. The standard InChI is InChI=1S/C18H21N/c1-4-17(13-16-11-6-5-7-12-16)19-18-14(2)9-8-10-15(18)3/h5-12H,4,13H2,1-3H3. The fourth-order valence-corrected chi connectivity index (χ4v) is 2.22. The number of benzene rings is 2. The molecule has 19 heavy (non-hydrogen) atoms. The zero-order valence-corrected chi connectivity index (χ0v) is 12.0. The first kappa shape index (κ1) is 13.5. The third-order valence-corrected chi connectivity index (χ3v) is 3.37. The van der Waals surface area contributed by atoms with Crippen molar-refractivity contribution >= 4 is 11.4 Å². The predicted molar refractivity (Wildman–Crippen MR) is 83.4 cm³/mol. The lowest BCUT2D eigenvalue weighted by molar-refractivity contribution is 1.16. The Morgan fingerprint density at radius 2 is 1.53 bits per heavy atom. The van der Waals surface area contributed by atoms with Crippen LogP contribution in [0.25, 0.3) is 0 Å². The van der Waals surface area contributed by atoms with Crippen molar-refractivity contribution in [1.82, 2.24) is 0 Å². The van der Waals surface area contributed by atoms with Crippen LogP contribution < -0.4 is 0 Å². The number of nitrogens with zero attached hydrogens (tertiary/aromatic N) is 1. The fourth-order valence-electron chi connectivity index (χ4n) is 2.22. The Bertz CT molecular complexity index is 547. The Balaban J connectivity index is 2.29. The maximum Gasteiger partial charge on any atom is 0.0687 e. The van der Waals surface area contributed by atoms with Crippen LogP contribution in [0.4, 0.5) is 5.69 Å². The molecule has 0 amide bonds. The summed E-state index contributed by atoms with van der Waals surface area (Å²) < 4.78 is 0. The van der Waals surface area contributed by atoms with Crippen LogP contribution in [0, 0.1) is 13.8 Å². The molecule has 0 spiro atoms. The van der Waals surface area contributed by atoms with Gasteiger partial charge in [-0.1, -0.05) is 55.5 Å². The molecule has 98 valence electrons. The first-order chi connectivity index (χ1) is 9.20. The fraction of sp³-hybridized carbons (Fsp3) is 0.278. The largest absolute Gasteiger partial charge is 0.257 e. The van der Waals surface area contributed by atoms with Gasteiger partial charge in [-0.3, -0.25) is 4.99 Å². The summed E-state index contributed by atoms with van der Waals surface area (Å²) in [5, 5.41) is 0. The molecule has 0 aliphatic carbocycles. The van der Waals surface area contributed by atoms with E-state index in [1.165, 1.54) is 22.4 Å². The van der Waals surface area contributed by atoms with E-state index in [9.17, 15) is 0 Å². The van der Waals surface area contributed by atoms with Crippen LogP contribution in [0.15, 0.2) is 53.5 Å². The van der Waals surface area contributed by atoms with E-state index in [4.69, 9.17) is 4.99 Å². The zero-order chi connectivity index (χ0) is 13.7. The first-order valence-electron chi connectivity index (χ1n) is 6.87. The molecule has 0 saturated heterocycles. The summed E-state index contributed by atoms with van der Waals surface area (Å²) in [6, 6.07) is 16.9. The number of rotatable bonds is 4. The van der Waals surface area contributed by atoms with Gasteiger partial charge < -0.3 is 0 Å². The van der Waals surface area contributed by atoms with Crippen LogP contribution in [0.3, 0.4) is 0 Å². The minimum Gasteiger partial charge on any atom is -0.257 e. The third-order valence-electron chi connectivity index (χ3n) is 3.37. The van der Waals surface area contributed by atoms with E-state index < -0.39 is 0 Å². The molecule has 0 aliphatic heterocycles. The predicted octanol–water partition coefficient (Wildman–Crippen LogP) is 5.03. The van der Waals surface area contributed by atoms with Gasteiger partial charge in [0.2, 0.25) is 0 Å². The van der Waals surface area contributed by atoms with Gasteiger partial charge in [-0.15, -0.1) is 0 Å². The highest BCUT2D eigenvalue weighted by Crippen LogP contribution is 2.24. The Morgan fingerprint density at radius 3 is 2.11 bits per heavy atom. The van der Waals surface area contributed by atoms with E-state index in [-0.39, 0.29) is 0 Å². The average Bonchev–Trinajstić information content (AvgIpc) is 2.43. The van der Waals surface area contributed by atoms with Gasteiger partial charge in [0.05, 0.1) is 5.69 Å². The van der Waals surface area contributed by atoms with Crippen LogP contribution in [-0.2, 0) is 6.42 Å². The van der Waals surface area contributed by atoms with Gasteiger partial charge in [0, 0.05) is 12.1 Å². The first-order valence-corrected chi connectivity index (χ1v) is 6.87. The Hall–Kier alpha value is -1.89. The summed E-state index contributed by atoms with van der Waals surface area (Å²) >= 11 is 0. The topological polar surface area (TPSA) is 12.4 Å². The summed E-state index contributed by atoms with van der Waals surface area (Å²) in [6.45, 7) is 6.43. The van der Waals surface area contributed by atoms with Gasteiger partial charge in [0.15, 0.2) is 0 Å². The Kier molecular flexibility index (Phi) is 4.51. The van der Waals surface area contributed by atoms with E-state index >= 15 is 0 Å². The number of para-hydroxylation sites is 1. The van der Waals surface area contributed by atoms with Crippen LogP contribution in [0.1, 0.15) is 30.0 Å². The summed E-state index contributed by atoms with van der Waals surface area (Å²) in [7, 11) is 0. The second-order valence-electron chi connectivity index (χ2n) is 4.93. The minimum atomic E-state index is 0.936. The average molecular weight is 251 g/mol. The second kappa shape index (κ2) is 6.33. The molecule has 0 aromatic heterocycles. The molecule has 1 nitrogen and oxygen atoms in total. The van der Waals surface area contributed by atoms with E-state index in [0.29, 0.717) is 0 Å². The van der Waals surface area contributed by atoms with Crippen molar-refractivity contribution in [2.45, 2.75) is 33.6 Å². The lowest BCUT2D eigenvalue weighted by Crippen LogP contribution is -2.01. The molecular formula is C18H21N. The minimum absolute atomic E-state index is 0.936. The Labute approximate surface area is 116 Å². The lowest BCUT2D eigenvalue weighted by Gasteiger charge is -2.08. The van der Waals surface area contributed by atoms with Crippen molar-refractivity contribution in [3.8, 4) is 0 Å². The van der Waals surface area contributed by atoms with Crippen LogP contribution in [-0.4, -0.2) is 5.71 Å². The molecule has 0 saturated carbocycles. The van der Waals surface area contributed by atoms with Crippen LogP contribution in [0.5, 0.6) is 0 Å². The van der Waals surface area contributed by atoms with Crippen LogP contribution in [0.2, 0.25) is 0 Å². The molecule has 0 unspecified atom stereocenters. The summed E-state index contributed by atoms with van der Waals surface area (Å²) in [5.41, 5.74) is 6.20. The summed E-state index contributed by atoms with van der Waals surface area (Å²) in [6.07, 6.45) is 1.92. The normalized spacial score (nSPS) is 11.6. The molecule has 0 N–H and O–H groups in total. The van der Waals surface area contributed by atoms with E-state index in [1.54, 1.807) is 0 Å². The van der Waals surface area contributed by atoms with Gasteiger partial charge in [0.1, 0.15) is 0 Å². The third kappa shape index (κ3) is 3.54. The van der Waals surface area contributed by atoms with Gasteiger partial charge in [-0.25, -0.2) is 0 Å². The SMILES string of the molecule is CCC(Cc1ccccc1)=Nc1c(C)cccc1C. The molecule has 0 bridgehead atoms. The van der Waals surface area contributed by atoms with Crippen molar-refractivity contribution in [2.24, 2.45) is 4.99 Å². The molecule has 0 heterocycles. The van der Waals surface area contributed by atoms with Gasteiger partial charge in [-0.2, -0.15) is 0 Å². The molecular weight excluding hydrogens is 230 g/mol. The van der Waals surface area contributed by atoms with Crippen molar-refractivity contribution in [2.75, 3.05) is 0 Å². The quantitative estimate of drug-likeness (QED) is 0.676. The van der Waals surface area contributed by atoms with Crippen molar-refractivity contribution < 1.29 is 0 Å². The smallest absolute Gasteiger partial charge is 0.0687 e. The molecule has 0 aliphatic rings. The lowest BCUT2D eigenvalue weighted by atomic mass is 10.1. The molecule has 2 aromatic rings. The van der Waals surface area contributed by atoms with Gasteiger partial charge in [-0.05, 0) is 37.0 Å². The summed E-state index contributed by atoms with van der Waals surface area (Å²) in [4.78, 5) is 4.89. The molecule has 2 aromatic carbocycles. The number of aliphatic imine (C=N–C) groups is 1. The molecule has 0 atom stereocenters. The number of hydrogen-bond acceptors (Lipinski definition) is 1. The van der Waals surface area contributed by atoms with Gasteiger partial charge >= 0.3 is 0 Å². The van der Waals surface area contributed by atoms with Crippen molar-refractivity contribution in [3.05, 3.63) is 65.2 Å². The highest BCUT2D eigenvalue weighted by Gasteiger charge is 2.04. The maximum absolute atomic E-state index is 4.89. The molecule has 0 fully saturated rings. The monoisotopic (exact) mass is 251 g/mol. The zero-order valence-electron chi connectivity index (χ0n) is 12.0. The maximum atomic E-state index is 4.89. The Morgan fingerprint density at radius 1 is 0.895 bits per heavy atom. The highest BCUT2D eigenvalue weighted by molar-refractivity contribution is 5.89. The second-order valence-corrected chi connectivity index (χ2v) is 4.93. The van der Waals surface area contributed by atoms with E-state index in [1.807, 2.05) is 0 Å². The molecule has 2 rings (SSSR count). The van der Waals surface area contributed by atoms with E-state index in [2.05, 4.69) is 69.3 Å². The molecule has 1 heteroatoms.